The highest BCUT2D eigenvalue weighted by Crippen LogP contribution is 2.33. The smallest absolute Gasteiger partial charge is 0.405 e. The fourth-order valence-corrected chi connectivity index (χ4v) is 4.30. The maximum absolute atomic E-state index is 13.1. The van der Waals surface area contributed by atoms with Gasteiger partial charge in [0, 0.05) is 17.7 Å². The number of hydrogen-bond donors (Lipinski definition) is 3. The van der Waals surface area contributed by atoms with Crippen LogP contribution < -0.4 is 5.32 Å². The van der Waals surface area contributed by atoms with Gasteiger partial charge in [-0.3, -0.25) is 4.79 Å². The van der Waals surface area contributed by atoms with Crippen LogP contribution in [0.4, 0.5) is 4.79 Å². The van der Waals surface area contributed by atoms with Crippen molar-refractivity contribution in [2.24, 2.45) is 5.92 Å². The van der Waals surface area contributed by atoms with Crippen LogP contribution in [0.25, 0.3) is 22.0 Å². The molecule has 7 heteroatoms. The molecule has 0 spiro atoms. The molecule has 2 unspecified atom stereocenters. The van der Waals surface area contributed by atoms with Gasteiger partial charge in [0.15, 0.2) is 0 Å². The SMILES string of the molecule is C#Cc1ccc2cc(-c3cnc(C4CCCN4C(=O)C(NC(=O)O)C(C)C)[nH]3)ccc2c1. The number of amides is 2. The summed E-state index contributed by atoms with van der Waals surface area (Å²) in [5.74, 6) is 3.00. The molecule has 1 saturated heterocycles. The average Bonchev–Trinajstić information content (AvgIpc) is 3.45. The zero-order valence-corrected chi connectivity index (χ0v) is 18.1. The Labute approximate surface area is 186 Å². The zero-order valence-electron chi connectivity index (χ0n) is 18.1. The fraction of sp³-hybridized carbons (Fsp3) is 0.320. The van der Waals surface area contributed by atoms with Crippen molar-refractivity contribution >= 4 is 22.8 Å². The molecule has 3 aromatic rings. The first kappa shape index (κ1) is 21.4. The summed E-state index contributed by atoms with van der Waals surface area (Å²) in [6.07, 6.45) is 7.70. The van der Waals surface area contributed by atoms with Gasteiger partial charge in [0.1, 0.15) is 11.9 Å². The highest BCUT2D eigenvalue weighted by Gasteiger charge is 2.37. The Bertz CT molecular complexity index is 1210. The van der Waals surface area contributed by atoms with Crippen molar-refractivity contribution in [3.8, 4) is 23.6 Å². The lowest BCUT2D eigenvalue weighted by Crippen LogP contribution is -2.50. The molecule has 0 bridgehead atoms. The summed E-state index contributed by atoms with van der Waals surface area (Å²) in [4.78, 5) is 34.0. The average molecular weight is 431 g/mol. The second kappa shape index (κ2) is 8.75. The van der Waals surface area contributed by atoms with E-state index in [1.807, 2.05) is 44.2 Å². The number of rotatable bonds is 5. The zero-order chi connectivity index (χ0) is 22.8. The monoisotopic (exact) mass is 430 g/mol. The summed E-state index contributed by atoms with van der Waals surface area (Å²) in [5, 5.41) is 13.6. The predicted molar refractivity (Wildman–Crippen MR) is 123 cm³/mol. The van der Waals surface area contributed by atoms with E-state index in [1.54, 1.807) is 11.1 Å². The maximum Gasteiger partial charge on any atom is 0.405 e. The molecule has 1 aliphatic heterocycles. The van der Waals surface area contributed by atoms with Gasteiger partial charge in [-0.05, 0) is 47.7 Å². The van der Waals surface area contributed by atoms with Gasteiger partial charge >= 0.3 is 6.09 Å². The largest absolute Gasteiger partial charge is 0.465 e. The van der Waals surface area contributed by atoms with Crippen LogP contribution in [-0.2, 0) is 4.79 Å². The quantitative estimate of drug-likeness (QED) is 0.529. The van der Waals surface area contributed by atoms with Crippen molar-refractivity contribution in [1.29, 1.82) is 0 Å². The van der Waals surface area contributed by atoms with Gasteiger partial charge in [-0.2, -0.15) is 0 Å². The van der Waals surface area contributed by atoms with E-state index in [0.717, 1.165) is 40.4 Å². The molecule has 1 aliphatic rings. The van der Waals surface area contributed by atoms with E-state index in [4.69, 9.17) is 11.5 Å². The number of carbonyl (C=O) groups excluding carboxylic acids is 1. The topological polar surface area (TPSA) is 98.3 Å². The van der Waals surface area contributed by atoms with Crippen molar-refractivity contribution in [2.45, 2.75) is 38.8 Å². The molecule has 1 fully saturated rings. The van der Waals surface area contributed by atoms with E-state index < -0.39 is 12.1 Å². The minimum Gasteiger partial charge on any atom is -0.465 e. The molecule has 2 aromatic carbocycles. The molecule has 0 aliphatic carbocycles. The van der Waals surface area contributed by atoms with Crippen LogP contribution in [0.5, 0.6) is 0 Å². The molecule has 32 heavy (non-hydrogen) atoms. The second-order valence-electron chi connectivity index (χ2n) is 8.46. The van der Waals surface area contributed by atoms with Gasteiger partial charge in [0.2, 0.25) is 5.91 Å². The van der Waals surface area contributed by atoms with Crippen LogP contribution in [0.3, 0.4) is 0 Å². The van der Waals surface area contributed by atoms with Crippen LogP contribution in [-0.4, -0.2) is 44.6 Å². The lowest BCUT2D eigenvalue weighted by atomic mass is 10.0. The number of benzene rings is 2. The van der Waals surface area contributed by atoms with E-state index in [2.05, 4.69) is 27.3 Å². The molecule has 0 radical (unpaired) electrons. The van der Waals surface area contributed by atoms with Crippen LogP contribution >= 0.6 is 0 Å². The van der Waals surface area contributed by atoms with Gasteiger partial charge < -0.3 is 20.3 Å². The summed E-state index contributed by atoms with van der Waals surface area (Å²) in [6, 6.07) is 11.0. The lowest BCUT2D eigenvalue weighted by molar-refractivity contribution is -0.135. The van der Waals surface area contributed by atoms with Crippen molar-refractivity contribution < 1.29 is 14.7 Å². The van der Waals surface area contributed by atoms with Crippen LogP contribution in [0.1, 0.15) is 44.1 Å². The van der Waals surface area contributed by atoms with E-state index in [-0.39, 0.29) is 17.9 Å². The number of carboxylic acid groups (broad SMARTS) is 1. The Balaban J connectivity index is 1.58. The van der Waals surface area contributed by atoms with Gasteiger partial charge in [-0.15, -0.1) is 6.42 Å². The third-order valence-corrected chi connectivity index (χ3v) is 5.98. The Kier molecular flexibility index (Phi) is 5.87. The van der Waals surface area contributed by atoms with Gasteiger partial charge in [-0.1, -0.05) is 38.0 Å². The van der Waals surface area contributed by atoms with Crippen molar-refractivity contribution in [2.75, 3.05) is 6.54 Å². The number of hydrogen-bond acceptors (Lipinski definition) is 3. The number of nitrogens with one attached hydrogen (secondary N) is 2. The molecule has 0 saturated carbocycles. The number of likely N-dealkylation sites (tertiary alicyclic amines) is 1. The molecular weight excluding hydrogens is 404 g/mol. The number of fused-ring (bicyclic) bond motifs is 1. The molecule has 1 aromatic heterocycles. The summed E-state index contributed by atoms with van der Waals surface area (Å²) >= 11 is 0. The minimum absolute atomic E-state index is 0.153. The van der Waals surface area contributed by atoms with Gasteiger partial charge in [0.05, 0.1) is 17.9 Å². The standard InChI is InChI=1S/C25H26N4O3/c1-4-16-7-8-18-13-19(10-9-17(18)12-16)20-14-26-23(27-20)21-6-5-11-29(21)24(30)22(15(2)3)28-25(31)32/h1,7-10,12-15,21-22,28H,5-6,11H2,2-3H3,(H,26,27)(H,31,32). The summed E-state index contributed by atoms with van der Waals surface area (Å²) in [5.41, 5.74) is 2.71. The first-order chi connectivity index (χ1) is 15.4. The molecule has 2 amide bonds. The Hall–Kier alpha value is -3.79. The van der Waals surface area contributed by atoms with Gasteiger partial charge in [0.25, 0.3) is 0 Å². The molecule has 4 rings (SSSR count). The van der Waals surface area contributed by atoms with Crippen LogP contribution in [0.15, 0.2) is 42.6 Å². The van der Waals surface area contributed by atoms with E-state index >= 15 is 0 Å². The molecule has 164 valence electrons. The second-order valence-corrected chi connectivity index (χ2v) is 8.46. The van der Waals surface area contributed by atoms with Crippen molar-refractivity contribution in [3.05, 3.63) is 54.0 Å². The Morgan fingerprint density at radius 2 is 2.00 bits per heavy atom. The number of aromatic nitrogens is 2. The number of H-pyrrole nitrogens is 1. The Morgan fingerprint density at radius 1 is 1.25 bits per heavy atom. The van der Waals surface area contributed by atoms with E-state index in [9.17, 15) is 9.59 Å². The maximum atomic E-state index is 13.1. The fourth-order valence-electron chi connectivity index (χ4n) is 4.30. The number of carbonyl (C=O) groups is 2. The summed E-state index contributed by atoms with van der Waals surface area (Å²) in [7, 11) is 0. The molecule has 2 heterocycles. The predicted octanol–water partition coefficient (Wildman–Crippen LogP) is 4.17. The van der Waals surface area contributed by atoms with Gasteiger partial charge in [-0.25, -0.2) is 9.78 Å². The number of nitrogens with zero attached hydrogens (tertiary/aromatic N) is 2. The first-order valence-corrected chi connectivity index (χ1v) is 10.7. The number of aromatic amines is 1. The molecular formula is C25H26N4O3. The molecule has 3 N–H and O–H groups in total. The summed E-state index contributed by atoms with van der Waals surface area (Å²) < 4.78 is 0. The normalized spacial score (nSPS) is 16.8. The lowest BCUT2D eigenvalue weighted by Gasteiger charge is -2.29. The number of imidazole rings is 1. The van der Waals surface area contributed by atoms with Crippen LogP contribution in [0, 0.1) is 18.3 Å². The van der Waals surface area contributed by atoms with E-state index in [1.165, 1.54) is 0 Å². The summed E-state index contributed by atoms with van der Waals surface area (Å²) in [6.45, 7) is 4.25. The van der Waals surface area contributed by atoms with Crippen molar-refractivity contribution in [3.63, 3.8) is 0 Å². The highest BCUT2D eigenvalue weighted by molar-refractivity contribution is 5.88. The Morgan fingerprint density at radius 3 is 2.72 bits per heavy atom. The van der Waals surface area contributed by atoms with Crippen molar-refractivity contribution in [1.82, 2.24) is 20.2 Å². The van der Waals surface area contributed by atoms with E-state index in [0.29, 0.717) is 12.4 Å². The minimum atomic E-state index is -1.20. The number of terminal acetylenes is 1. The third-order valence-electron chi connectivity index (χ3n) is 5.98. The first-order valence-electron chi connectivity index (χ1n) is 10.7. The van der Waals surface area contributed by atoms with Crippen LogP contribution in [0.2, 0.25) is 0 Å². The molecule has 2 atom stereocenters. The molecule has 7 nitrogen and oxygen atoms in total. The third kappa shape index (κ3) is 4.17. The highest BCUT2D eigenvalue weighted by atomic mass is 16.4.